The molecular weight excluding hydrogens is 476 g/mol. The SMILES string of the molecule is CCCCCC(=O)N1CCC(C(N)=O)CC1Oc1ccc2nc(-c3ccccc3)n(-c3ccccc3)c2c1. The lowest BCUT2D eigenvalue weighted by molar-refractivity contribution is -0.147. The Morgan fingerprint density at radius 2 is 1.74 bits per heavy atom. The second kappa shape index (κ2) is 11.5. The van der Waals surface area contributed by atoms with Gasteiger partial charge in [-0.1, -0.05) is 68.3 Å². The fourth-order valence-electron chi connectivity index (χ4n) is 5.16. The number of imidazole rings is 1. The average molecular weight is 511 g/mol. The normalized spacial score (nSPS) is 17.4. The second-order valence-electron chi connectivity index (χ2n) is 9.86. The molecule has 1 aliphatic rings. The molecule has 1 saturated heterocycles. The Kier molecular flexibility index (Phi) is 7.73. The van der Waals surface area contributed by atoms with Crippen molar-refractivity contribution in [3.8, 4) is 22.8 Å². The maximum absolute atomic E-state index is 13.1. The van der Waals surface area contributed by atoms with Crippen molar-refractivity contribution in [2.45, 2.75) is 51.7 Å². The predicted octanol–water partition coefficient (Wildman–Crippen LogP) is 5.70. The van der Waals surface area contributed by atoms with Crippen molar-refractivity contribution < 1.29 is 14.3 Å². The Bertz CT molecular complexity index is 1400. The fourth-order valence-corrected chi connectivity index (χ4v) is 5.16. The molecular formula is C31H34N4O3. The third-order valence-corrected chi connectivity index (χ3v) is 7.21. The summed E-state index contributed by atoms with van der Waals surface area (Å²) >= 11 is 0. The van der Waals surface area contributed by atoms with Crippen LogP contribution in [0.15, 0.2) is 78.9 Å². The van der Waals surface area contributed by atoms with Gasteiger partial charge in [-0.05, 0) is 37.1 Å². The van der Waals surface area contributed by atoms with Gasteiger partial charge in [0.2, 0.25) is 11.8 Å². The van der Waals surface area contributed by atoms with Crippen LogP contribution in [-0.4, -0.2) is 39.0 Å². The summed E-state index contributed by atoms with van der Waals surface area (Å²) in [7, 11) is 0. The molecule has 0 spiro atoms. The zero-order valence-corrected chi connectivity index (χ0v) is 21.8. The van der Waals surface area contributed by atoms with Gasteiger partial charge in [-0.25, -0.2) is 4.98 Å². The molecule has 3 aromatic carbocycles. The maximum Gasteiger partial charge on any atom is 0.225 e. The minimum absolute atomic E-state index is 0.0631. The molecule has 1 aliphatic heterocycles. The number of hydrogen-bond donors (Lipinski definition) is 1. The van der Waals surface area contributed by atoms with Crippen LogP contribution in [0.1, 0.15) is 45.4 Å². The summed E-state index contributed by atoms with van der Waals surface area (Å²) in [6.07, 6.45) is 3.80. The lowest BCUT2D eigenvalue weighted by atomic mass is 9.94. The molecule has 38 heavy (non-hydrogen) atoms. The molecule has 2 heterocycles. The number of piperidine rings is 1. The number of amides is 2. The van der Waals surface area contributed by atoms with Crippen LogP contribution in [0.3, 0.4) is 0 Å². The molecule has 7 heteroatoms. The van der Waals surface area contributed by atoms with E-state index in [4.69, 9.17) is 15.5 Å². The van der Waals surface area contributed by atoms with Gasteiger partial charge >= 0.3 is 0 Å². The van der Waals surface area contributed by atoms with E-state index in [1.807, 2.05) is 66.7 Å². The van der Waals surface area contributed by atoms with E-state index in [9.17, 15) is 9.59 Å². The van der Waals surface area contributed by atoms with Crippen molar-refractivity contribution in [2.24, 2.45) is 11.7 Å². The molecule has 1 aromatic heterocycles. The molecule has 196 valence electrons. The molecule has 0 aliphatic carbocycles. The van der Waals surface area contributed by atoms with Gasteiger partial charge in [0.05, 0.1) is 11.0 Å². The van der Waals surface area contributed by atoms with Crippen molar-refractivity contribution in [3.05, 3.63) is 78.9 Å². The second-order valence-corrected chi connectivity index (χ2v) is 9.86. The topological polar surface area (TPSA) is 90.4 Å². The third-order valence-electron chi connectivity index (χ3n) is 7.21. The molecule has 1 fully saturated rings. The van der Waals surface area contributed by atoms with E-state index in [-0.39, 0.29) is 17.7 Å². The number of para-hydroxylation sites is 1. The summed E-state index contributed by atoms with van der Waals surface area (Å²) in [5.41, 5.74) is 9.39. The monoisotopic (exact) mass is 510 g/mol. The van der Waals surface area contributed by atoms with Crippen LogP contribution in [-0.2, 0) is 9.59 Å². The highest BCUT2D eigenvalue weighted by Crippen LogP contribution is 2.33. The Hall–Kier alpha value is -4.13. The van der Waals surface area contributed by atoms with Crippen LogP contribution in [0.4, 0.5) is 0 Å². The summed E-state index contributed by atoms with van der Waals surface area (Å²) in [4.78, 5) is 31.8. The van der Waals surface area contributed by atoms with Crippen LogP contribution in [0.25, 0.3) is 28.1 Å². The molecule has 2 atom stereocenters. The van der Waals surface area contributed by atoms with Gasteiger partial charge in [0.15, 0.2) is 6.23 Å². The summed E-state index contributed by atoms with van der Waals surface area (Å²) < 4.78 is 8.57. The van der Waals surface area contributed by atoms with Gasteiger partial charge in [0, 0.05) is 42.6 Å². The highest BCUT2D eigenvalue weighted by atomic mass is 16.5. The van der Waals surface area contributed by atoms with Crippen LogP contribution in [0.5, 0.6) is 5.75 Å². The first-order chi connectivity index (χ1) is 18.5. The highest BCUT2D eigenvalue weighted by molar-refractivity contribution is 5.84. The van der Waals surface area contributed by atoms with E-state index in [1.54, 1.807) is 4.90 Å². The van der Waals surface area contributed by atoms with E-state index in [1.165, 1.54) is 0 Å². The van der Waals surface area contributed by atoms with Crippen molar-refractivity contribution in [3.63, 3.8) is 0 Å². The van der Waals surface area contributed by atoms with Gasteiger partial charge in [-0.3, -0.25) is 14.2 Å². The zero-order chi connectivity index (χ0) is 26.5. The Morgan fingerprint density at radius 3 is 2.45 bits per heavy atom. The Balaban J connectivity index is 1.51. The number of aromatic nitrogens is 2. The first kappa shape index (κ1) is 25.5. The largest absolute Gasteiger partial charge is 0.470 e. The average Bonchev–Trinajstić information content (AvgIpc) is 3.33. The van der Waals surface area contributed by atoms with Gasteiger partial charge < -0.3 is 15.4 Å². The standard InChI is InChI=1S/C31H34N4O3/c1-2-3-6-15-28(36)34-19-18-23(30(32)37)20-29(34)38-25-16-17-26-27(21-25)35(24-13-9-5-10-14-24)31(33-26)22-11-7-4-8-12-22/h4-5,7-14,16-17,21,23,29H,2-3,6,15,18-20H2,1H3,(H2,32,37). The third kappa shape index (κ3) is 5.42. The molecule has 2 N–H and O–H groups in total. The van der Waals surface area contributed by atoms with E-state index < -0.39 is 6.23 Å². The van der Waals surface area contributed by atoms with E-state index in [2.05, 4.69) is 23.6 Å². The van der Waals surface area contributed by atoms with E-state index in [0.717, 1.165) is 47.4 Å². The first-order valence-corrected chi connectivity index (χ1v) is 13.4. The van der Waals surface area contributed by atoms with Crippen molar-refractivity contribution in [2.75, 3.05) is 6.54 Å². The molecule has 0 bridgehead atoms. The maximum atomic E-state index is 13.1. The number of nitrogens with zero attached hydrogens (tertiary/aromatic N) is 3. The lowest BCUT2D eigenvalue weighted by Crippen LogP contribution is -2.51. The number of hydrogen-bond acceptors (Lipinski definition) is 4. The van der Waals surface area contributed by atoms with E-state index in [0.29, 0.717) is 31.6 Å². The number of nitrogens with two attached hydrogens (primary N) is 1. The number of carbonyl (C=O) groups is 2. The number of unbranched alkanes of at least 4 members (excludes halogenated alkanes) is 2. The van der Waals surface area contributed by atoms with Crippen molar-refractivity contribution >= 4 is 22.8 Å². The number of ether oxygens (including phenoxy) is 1. The first-order valence-electron chi connectivity index (χ1n) is 13.4. The number of likely N-dealkylation sites (tertiary alicyclic amines) is 1. The molecule has 4 aromatic rings. The number of fused-ring (bicyclic) bond motifs is 1. The van der Waals surface area contributed by atoms with Crippen LogP contribution in [0, 0.1) is 5.92 Å². The molecule has 2 unspecified atom stereocenters. The van der Waals surface area contributed by atoms with Gasteiger partial charge in [0.25, 0.3) is 0 Å². The number of benzene rings is 3. The summed E-state index contributed by atoms with van der Waals surface area (Å²) in [5.74, 6) is 0.858. The van der Waals surface area contributed by atoms with Crippen LogP contribution >= 0.6 is 0 Å². The fraction of sp³-hybridized carbons (Fsp3) is 0.323. The Labute approximate surface area is 223 Å². The minimum atomic E-state index is -0.547. The summed E-state index contributed by atoms with van der Waals surface area (Å²) in [6, 6.07) is 26.0. The molecule has 5 rings (SSSR count). The molecule has 2 amide bonds. The number of rotatable bonds is 9. The van der Waals surface area contributed by atoms with Crippen LogP contribution < -0.4 is 10.5 Å². The van der Waals surface area contributed by atoms with Gasteiger partial charge in [-0.2, -0.15) is 0 Å². The molecule has 0 radical (unpaired) electrons. The molecule has 0 saturated carbocycles. The summed E-state index contributed by atoms with van der Waals surface area (Å²) in [6.45, 7) is 2.58. The van der Waals surface area contributed by atoms with Gasteiger partial charge in [0.1, 0.15) is 11.6 Å². The zero-order valence-electron chi connectivity index (χ0n) is 21.8. The van der Waals surface area contributed by atoms with Crippen molar-refractivity contribution in [1.82, 2.24) is 14.5 Å². The predicted molar refractivity (Wildman–Crippen MR) is 149 cm³/mol. The van der Waals surface area contributed by atoms with Gasteiger partial charge in [-0.15, -0.1) is 0 Å². The number of carbonyl (C=O) groups excluding carboxylic acids is 2. The lowest BCUT2D eigenvalue weighted by Gasteiger charge is -2.38. The van der Waals surface area contributed by atoms with Crippen LogP contribution in [0.2, 0.25) is 0 Å². The minimum Gasteiger partial charge on any atom is -0.470 e. The smallest absolute Gasteiger partial charge is 0.225 e. The van der Waals surface area contributed by atoms with Crippen molar-refractivity contribution in [1.29, 1.82) is 0 Å². The number of primary amides is 1. The Morgan fingerprint density at radius 1 is 1.00 bits per heavy atom. The quantitative estimate of drug-likeness (QED) is 0.292. The van der Waals surface area contributed by atoms with E-state index >= 15 is 0 Å². The summed E-state index contributed by atoms with van der Waals surface area (Å²) in [5, 5.41) is 0. The molecule has 7 nitrogen and oxygen atoms in total. The highest BCUT2D eigenvalue weighted by Gasteiger charge is 2.35.